The molecule has 1 saturated carbocycles. The van der Waals surface area contributed by atoms with Crippen LogP contribution in [0.5, 0.6) is 0 Å². The number of fused-ring (bicyclic) bond motifs is 1. The van der Waals surface area contributed by atoms with Crippen LogP contribution in [0.25, 0.3) is 16.8 Å². The molecule has 0 aromatic carbocycles. The second-order valence-electron chi connectivity index (χ2n) is 7.63. The molecule has 4 heterocycles. The van der Waals surface area contributed by atoms with Crippen molar-refractivity contribution in [2.24, 2.45) is 5.92 Å². The maximum absolute atomic E-state index is 12.5. The lowest BCUT2D eigenvalue weighted by Gasteiger charge is -2.22. The lowest BCUT2D eigenvalue weighted by molar-refractivity contribution is -0.117. The zero-order valence-corrected chi connectivity index (χ0v) is 16.7. The van der Waals surface area contributed by atoms with Crippen LogP contribution in [-0.4, -0.2) is 40.5 Å². The van der Waals surface area contributed by atoms with Gasteiger partial charge in [0.2, 0.25) is 5.91 Å². The SMILES string of the molecule is O=C(NC1CCOCC1)c1cc(-c2ccc3nc(NC(=O)C4CC4)cn3c2)cs1. The Balaban J connectivity index is 1.31. The first-order chi connectivity index (χ1) is 14.2. The first kappa shape index (κ1) is 18.3. The Labute approximate surface area is 172 Å². The fourth-order valence-corrected chi connectivity index (χ4v) is 4.32. The van der Waals surface area contributed by atoms with Crippen LogP contribution in [0, 0.1) is 5.92 Å². The molecule has 29 heavy (non-hydrogen) atoms. The maximum Gasteiger partial charge on any atom is 0.261 e. The molecule has 2 N–H and O–H groups in total. The van der Waals surface area contributed by atoms with E-state index in [4.69, 9.17) is 4.74 Å². The van der Waals surface area contributed by atoms with E-state index < -0.39 is 0 Å². The summed E-state index contributed by atoms with van der Waals surface area (Å²) < 4.78 is 7.24. The number of hydrogen-bond donors (Lipinski definition) is 2. The van der Waals surface area contributed by atoms with Crippen LogP contribution in [-0.2, 0) is 9.53 Å². The maximum atomic E-state index is 12.5. The average Bonchev–Trinajstić information content (AvgIpc) is 3.32. The van der Waals surface area contributed by atoms with Crippen molar-refractivity contribution in [3.63, 3.8) is 0 Å². The number of aromatic nitrogens is 2. The van der Waals surface area contributed by atoms with E-state index in [1.165, 1.54) is 11.3 Å². The molecule has 8 heteroatoms. The molecule has 7 nitrogen and oxygen atoms in total. The van der Waals surface area contributed by atoms with E-state index in [0.29, 0.717) is 23.9 Å². The fraction of sp³-hybridized carbons (Fsp3) is 0.381. The summed E-state index contributed by atoms with van der Waals surface area (Å²) in [5, 5.41) is 7.97. The van der Waals surface area contributed by atoms with Crippen LogP contribution in [0.15, 0.2) is 36.0 Å². The van der Waals surface area contributed by atoms with Crippen LogP contribution < -0.4 is 10.6 Å². The van der Waals surface area contributed by atoms with Crippen molar-refractivity contribution in [2.75, 3.05) is 18.5 Å². The molecule has 2 fully saturated rings. The Morgan fingerprint density at radius 2 is 1.93 bits per heavy atom. The largest absolute Gasteiger partial charge is 0.381 e. The molecule has 0 bridgehead atoms. The summed E-state index contributed by atoms with van der Waals surface area (Å²) in [7, 11) is 0. The Morgan fingerprint density at radius 3 is 2.72 bits per heavy atom. The third-order valence-electron chi connectivity index (χ3n) is 5.36. The molecule has 0 radical (unpaired) electrons. The zero-order valence-electron chi connectivity index (χ0n) is 15.9. The lowest BCUT2D eigenvalue weighted by atomic mass is 10.1. The standard InChI is InChI=1S/C21H22N4O3S/c26-20(13-1-2-13)24-18-11-25-10-14(3-4-19(25)23-18)15-9-17(29-12-15)21(27)22-16-5-7-28-8-6-16/h3-4,9-13,16H,1-2,5-8H2,(H,22,27)(H,24,26). The number of nitrogens with zero attached hydrogens (tertiary/aromatic N) is 2. The van der Waals surface area contributed by atoms with E-state index in [1.54, 1.807) is 0 Å². The van der Waals surface area contributed by atoms with Crippen molar-refractivity contribution in [1.82, 2.24) is 14.7 Å². The number of anilines is 1. The number of nitrogens with one attached hydrogen (secondary N) is 2. The zero-order chi connectivity index (χ0) is 19.8. The summed E-state index contributed by atoms with van der Waals surface area (Å²) in [5.41, 5.74) is 2.76. The number of rotatable bonds is 5. The predicted octanol–water partition coefficient (Wildman–Crippen LogP) is 3.32. The Bertz CT molecular complexity index is 1060. The smallest absolute Gasteiger partial charge is 0.261 e. The van der Waals surface area contributed by atoms with E-state index >= 15 is 0 Å². The van der Waals surface area contributed by atoms with Gasteiger partial charge >= 0.3 is 0 Å². The molecule has 1 aliphatic heterocycles. The van der Waals surface area contributed by atoms with Crippen LogP contribution in [0.2, 0.25) is 0 Å². The quantitative estimate of drug-likeness (QED) is 0.676. The van der Waals surface area contributed by atoms with Gasteiger partial charge in [-0.25, -0.2) is 4.98 Å². The molecule has 0 unspecified atom stereocenters. The number of pyridine rings is 1. The van der Waals surface area contributed by atoms with Crippen molar-refractivity contribution in [3.05, 3.63) is 40.8 Å². The summed E-state index contributed by atoms with van der Waals surface area (Å²) in [6, 6.07) is 6.01. The van der Waals surface area contributed by atoms with Crippen molar-refractivity contribution in [3.8, 4) is 11.1 Å². The van der Waals surface area contributed by atoms with Gasteiger partial charge in [0.05, 0.1) is 11.1 Å². The van der Waals surface area contributed by atoms with Crippen LogP contribution >= 0.6 is 11.3 Å². The minimum absolute atomic E-state index is 0.0260. The van der Waals surface area contributed by atoms with Gasteiger partial charge in [-0.1, -0.05) is 0 Å². The van der Waals surface area contributed by atoms with Crippen molar-refractivity contribution in [1.29, 1.82) is 0 Å². The summed E-state index contributed by atoms with van der Waals surface area (Å²) >= 11 is 1.45. The normalized spacial score (nSPS) is 17.4. The van der Waals surface area contributed by atoms with Gasteiger partial charge in [0.25, 0.3) is 5.91 Å². The van der Waals surface area contributed by atoms with Gasteiger partial charge in [0.15, 0.2) is 5.82 Å². The highest BCUT2D eigenvalue weighted by Crippen LogP contribution is 2.30. The molecule has 2 aliphatic rings. The van der Waals surface area contributed by atoms with E-state index in [-0.39, 0.29) is 23.8 Å². The Hall–Kier alpha value is -2.71. The van der Waals surface area contributed by atoms with Crippen molar-refractivity contribution in [2.45, 2.75) is 31.7 Å². The minimum Gasteiger partial charge on any atom is -0.381 e. The second kappa shape index (κ2) is 7.61. The highest BCUT2D eigenvalue weighted by Gasteiger charge is 2.30. The summed E-state index contributed by atoms with van der Waals surface area (Å²) in [6.45, 7) is 1.41. The number of thiophene rings is 1. The number of carbonyl (C=O) groups excluding carboxylic acids is 2. The third-order valence-corrected chi connectivity index (χ3v) is 6.29. The van der Waals surface area contributed by atoms with Gasteiger partial charge in [-0.2, -0.15) is 0 Å². The fourth-order valence-electron chi connectivity index (χ4n) is 3.50. The molecule has 0 atom stereocenters. The van der Waals surface area contributed by atoms with Gasteiger partial charge in [0, 0.05) is 31.4 Å². The van der Waals surface area contributed by atoms with Gasteiger partial charge in [-0.15, -0.1) is 11.3 Å². The van der Waals surface area contributed by atoms with Crippen LogP contribution in [0.1, 0.15) is 35.4 Å². The second-order valence-corrected chi connectivity index (χ2v) is 8.54. The highest BCUT2D eigenvalue weighted by atomic mass is 32.1. The predicted molar refractivity (Wildman–Crippen MR) is 111 cm³/mol. The first-order valence-corrected chi connectivity index (χ1v) is 10.8. The molecule has 3 aromatic rings. The van der Waals surface area contributed by atoms with Crippen molar-refractivity contribution < 1.29 is 14.3 Å². The molecule has 2 amide bonds. The number of carbonyl (C=O) groups is 2. The van der Waals surface area contributed by atoms with Crippen molar-refractivity contribution >= 4 is 34.6 Å². The Morgan fingerprint density at radius 1 is 1.10 bits per heavy atom. The molecule has 1 saturated heterocycles. The van der Waals surface area contributed by atoms with E-state index in [9.17, 15) is 9.59 Å². The van der Waals surface area contributed by atoms with Gasteiger partial charge < -0.3 is 19.8 Å². The van der Waals surface area contributed by atoms with Gasteiger partial charge in [-0.3, -0.25) is 9.59 Å². The van der Waals surface area contributed by atoms with Gasteiger partial charge in [0.1, 0.15) is 5.65 Å². The number of ether oxygens (including phenoxy) is 1. The summed E-state index contributed by atoms with van der Waals surface area (Å²) in [4.78, 5) is 29.6. The molecule has 150 valence electrons. The molecule has 5 rings (SSSR count). The number of imidazole rings is 1. The van der Waals surface area contributed by atoms with Crippen LogP contribution in [0.3, 0.4) is 0 Å². The topological polar surface area (TPSA) is 84.7 Å². The monoisotopic (exact) mass is 410 g/mol. The first-order valence-electron chi connectivity index (χ1n) is 9.93. The molecule has 1 aliphatic carbocycles. The Kier molecular flexibility index (Phi) is 4.81. The molecular weight excluding hydrogens is 388 g/mol. The number of hydrogen-bond acceptors (Lipinski definition) is 5. The van der Waals surface area contributed by atoms with Crippen LogP contribution in [0.4, 0.5) is 5.82 Å². The minimum atomic E-state index is -0.0260. The molecule has 3 aromatic heterocycles. The number of amides is 2. The van der Waals surface area contributed by atoms with Gasteiger partial charge in [-0.05, 0) is 60.4 Å². The summed E-state index contributed by atoms with van der Waals surface area (Å²) in [6.07, 6.45) is 7.45. The lowest BCUT2D eigenvalue weighted by Crippen LogP contribution is -2.38. The molecule has 0 spiro atoms. The van der Waals surface area contributed by atoms with E-state index in [2.05, 4.69) is 15.6 Å². The highest BCUT2D eigenvalue weighted by molar-refractivity contribution is 7.12. The molecular formula is C21H22N4O3S. The average molecular weight is 410 g/mol. The van der Waals surface area contributed by atoms with E-state index in [1.807, 2.05) is 40.4 Å². The summed E-state index contributed by atoms with van der Waals surface area (Å²) in [5.74, 6) is 0.737. The van der Waals surface area contributed by atoms with E-state index in [0.717, 1.165) is 42.5 Å². The third kappa shape index (κ3) is 4.04.